The minimum Gasteiger partial charge on any atom is -0.325 e. The molecule has 0 aliphatic carbocycles. The van der Waals surface area contributed by atoms with E-state index in [1.165, 1.54) is 0 Å². The van der Waals surface area contributed by atoms with Crippen molar-refractivity contribution in [2.24, 2.45) is 11.8 Å². The van der Waals surface area contributed by atoms with Gasteiger partial charge in [0.25, 0.3) is 0 Å². The first kappa shape index (κ1) is 16.6. The van der Waals surface area contributed by atoms with Crippen LogP contribution in [0.4, 0.5) is 5.69 Å². The van der Waals surface area contributed by atoms with E-state index in [0.717, 1.165) is 32.4 Å². The van der Waals surface area contributed by atoms with Gasteiger partial charge in [-0.15, -0.1) is 0 Å². The third kappa shape index (κ3) is 4.35. The summed E-state index contributed by atoms with van der Waals surface area (Å²) >= 11 is 12.0. The Morgan fingerprint density at radius 1 is 1.38 bits per heavy atom. The van der Waals surface area contributed by atoms with Crippen LogP contribution >= 0.6 is 23.2 Å². The van der Waals surface area contributed by atoms with Crippen LogP contribution in [-0.2, 0) is 4.79 Å². The van der Waals surface area contributed by atoms with E-state index in [0.29, 0.717) is 21.7 Å². The number of amides is 1. The molecule has 1 atom stereocenters. The molecule has 116 valence electrons. The summed E-state index contributed by atoms with van der Waals surface area (Å²) in [6.45, 7) is 4.21. The van der Waals surface area contributed by atoms with Gasteiger partial charge in [0, 0.05) is 10.9 Å². The normalized spacial score (nSPS) is 18.5. The van der Waals surface area contributed by atoms with Crippen LogP contribution in [-0.4, -0.2) is 30.9 Å². The molecule has 1 N–H and O–H groups in total. The van der Waals surface area contributed by atoms with Crippen LogP contribution in [0.2, 0.25) is 10.0 Å². The summed E-state index contributed by atoms with van der Waals surface area (Å²) in [7, 11) is 2.13. The highest BCUT2D eigenvalue weighted by atomic mass is 35.5. The van der Waals surface area contributed by atoms with Crippen molar-refractivity contribution in [3.63, 3.8) is 0 Å². The molecule has 0 spiro atoms. The summed E-state index contributed by atoms with van der Waals surface area (Å²) in [6, 6.07) is 5.14. The molecule has 21 heavy (non-hydrogen) atoms. The molecule has 3 nitrogen and oxygen atoms in total. The molecule has 0 radical (unpaired) electrons. The molecule has 1 fully saturated rings. The van der Waals surface area contributed by atoms with Gasteiger partial charge in [0.1, 0.15) is 0 Å². The molecule has 1 aliphatic heterocycles. The van der Waals surface area contributed by atoms with E-state index >= 15 is 0 Å². The number of nitrogens with one attached hydrogen (secondary N) is 1. The van der Waals surface area contributed by atoms with Crippen LogP contribution in [0.3, 0.4) is 0 Å². The molecule has 0 saturated carbocycles. The van der Waals surface area contributed by atoms with E-state index in [-0.39, 0.29) is 11.8 Å². The van der Waals surface area contributed by atoms with Gasteiger partial charge in [-0.25, -0.2) is 0 Å². The van der Waals surface area contributed by atoms with E-state index in [9.17, 15) is 4.79 Å². The van der Waals surface area contributed by atoms with E-state index in [4.69, 9.17) is 23.2 Å². The Balaban J connectivity index is 2.03. The van der Waals surface area contributed by atoms with Gasteiger partial charge in [0.15, 0.2) is 0 Å². The topological polar surface area (TPSA) is 32.3 Å². The van der Waals surface area contributed by atoms with Crippen LogP contribution in [0, 0.1) is 11.8 Å². The lowest BCUT2D eigenvalue weighted by molar-refractivity contribution is -0.122. The molecule has 1 unspecified atom stereocenters. The predicted molar refractivity (Wildman–Crippen MR) is 89.1 cm³/mol. The van der Waals surface area contributed by atoms with Gasteiger partial charge in [-0.05, 0) is 63.5 Å². The third-order valence-electron chi connectivity index (χ3n) is 4.30. The Labute approximate surface area is 136 Å². The van der Waals surface area contributed by atoms with E-state index < -0.39 is 0 Å². The molecule has 1 amide bonds. The quantitative estimate of drug-likeness (QED) is 0.893. The van der Waals surface area contributed by atoms with Crippen molar-refractivity contribution in [1.29, 1.82) is 0 Å². The van der Waals surface area contributed by atoms with Crippen molar-refractivity contribution < 1.29 is 4.79 Å². The van der Waals surface area contributed by atoms with Gasteiger partial charge in [-0.3, -0.25) is 4.79 Å². The first-order valence-electron chi connectivity index (χ1n) is 7.45. The van der Waals surface area contributed by atoms with Crippen LogP contribution < -0.4 is 5.32 Å². The molecule has 1 heterocycles. The number of benzene rings is 1. The maximum absolute atomic E-state index is 12.5. The summed E-state index contributed by atoms with van der Waals surface area (Å²) < 4.78 is 0. The fourth-order valence-electron chi connectivity index (χ4n) is 2.98. The number of carbonyl (C=O) groups excluding carboxylic acids is 1. The Hall–Kier alpha value is -0.770. The number of rotatable bonds is 4. The highest BCUT2D eigenvalue weighted by Crippen LogP contribution is 2.30. The van der Waals surface area contributed by atoms with E-state index in [1.54, 1.807) is 18.2 Å². The predicted octanol–water partition coefficient (Wildman–Crippen LogP) is 4.30. The zero-order chi connectivity index (χ0) is 15.4. The molecule has 5 heteroatoms. The maximum atomic E-state index is 12.5. The molecule has 1 saturated heterocycles. The largest absolute Gasteiger partial charge is 0.325 e. The lowest BCUT2D eigenvalue weighted by Gasteiger charge is -2.33. The van der Waals surface area contributed by atoms with Gasteiger partial charge in [0.2, 0.25) is 5.91 Å². The number of hydrogen-bond donors (Lipinski definition) is 1. The zero-order valence-electron chi connectivity index (χ0n) is 12.5. The first-order chi connectivity index (χ1) is 10.0. The molecular formula is C16H22Cl2N2O. The standard InChI is InChI=1S/C16H22Cl2N2O/c1-3-13(11-6-8-20(2)9-7-11)16(21)19-15-5-4-12(17)10-14(15)18/h4-5,10-11,13H,3,6-9H2,1-2H3,(H,19,21). The van der Waals surface area contributed by atoms with Crippen molar-refractivity contribution >= 4 is 34.8 Å². The minimum absolute atomic E-state index is 0.0467. The second kappa shape index (κ2) is 7.48. The summed E-state index contributed by atoms with van der Waals surface area (Å²) in [5.41, 5.74) is 0.637. The molecule has 1 aliphatic rings. The van der Waals surface area contributed by atoms with Crippen LogP contribution in [0.25, 0.3) is 0 Å². The lowest BCUT2D eigenvalue weighted by Crippen LogP contribution is -2.37. The van der Waals surface area contributed by atoms with Gasteiger partial charge in [0.05, 0.1) is 10.7 Å². The number of nitrogens with zero attached hydrogens (tertiary/aromatic N) is 1. The molecule has 1 aromatic carbocycles. The van der Waals surface area contributed by atoms with Crippen molar-refractivity contribution in [2.45, 2.75) is 26.2 Å². The van der Waals surface area contributed by atoms with Crippen molar-refractivity contribution in [2.75, 3.05) is 25.5 Å². The fraction of sp³-hybridized carbons (Fsp3) is 0.562. The molecule has 2 rings (SSSR count). The first-order valence-corrected chi connectivity index (χ1v) is 8.21. The van der Waals surface area contributed by atoms with E-state index in [1.807, 2.05) is 0 Å². The molecular weight excluding hydrogens is 307 g/mol. The van der Waals surface area contributed by atoms with E-state index in [2.05, 4.69) is 24.2 Å². The summed E-state index contributed by atoms with van der Waals surface area (Å²) in [4.78, 5) is 14.9. The van der Waals surface area contributed by atoms with Crippen molar-refractivity contribution in [1.82, 2.24) is 4.90 Å². The molecule has 1 aromatic rings. The summed E-state index contributed by atoms with van der Waals surface area (Å²) in [6.07, 6.45) is 3.01. The Bertz CT molecular complexity index is 499. The second-order valence-corrected chi connectivity index (χ2v) is 6.61. The zero-order valence-corrected chi connectivity index (χ0v) is 14.0. The Morgan fingerprint density at radius 2 is 2.05 bits per heavy atom. The minimum atomic E-state index is 0.0467. The Morgan fingerprint density at radius 3 is 2.62 bits per heavy atom. The number of carbonyl (C=O) groups is 1. The highest BCUT2D eigenvalue weighted by Gasteiger charge is 2.29. The number of likely N-dealkylation sites (tertiary alicyclic amines) is 1. The monoisotopic (exact) mass is 328 g/mol. The van der Waals surface area contributed by atoms with Crippen LogP contribution in [0.1, 0.15) is 26.2 Å². The number of anilines is 1. The fourth-order valence-corrected chi connectivity index (χ4v) is 3.44. The number of halogens is 2. The third-order valence-corrected chi connectivity index (χ3v) is 4.85. The summed E-state index contributed by atoms with van der Waals surface area (Å²) in [5.74, 6) is 0.569. The van der Waals surface area contributed by atoms with Gasteiger partial charge in [-0.1, -0.05) is 30.1 Å². The SMILES string of the molecule is CCC(C(=O)Nc1ccc(Cl)cc1Cl)C1CCN(C)CC1. The lowest BCUT2D eigenvalue weighted by atomic mass is 9.82. The molecule has 0 aromatic heterocycles. The van der Waals surface area contributed by atoms with Crippen molar-refractivity contribution in [3.8, 4) is 0 Å². The maximum Gasteiger partial charge on any atom is 0.227 e. The van der Waals surface area contributed by atoms with Crippen LogP contribution in [0.5, 0.6) is 0 Å². The average Bonchev–Trinajstić information content (AvgIpc) is 2.45. The Kier molecular flexibility index (Phi) is 5.91. The highest BCUT2D eigenvalue weighted by molar-refractivity contribution is 6.36. The van der Waals surface area contributed by atoms with Gasteiger partial charge in [-0.2, -0.15) is 0 Å². The second-order valence-electron chi connectivity index (χ2n) is 5.77. The van der Waals surface area contributed by atoms with Gasteiger partial charge >= 0.3 is 0 Å². The molecule has 0 bridgehead atoms. The summed E-state index contributed by atoms with van der Waals surface area (Å²) in [5, 5.41) is 4.00. The smallest absolute Gasteiger partial charge is 0.227 e. The average molecular weight is 329 g/mol. The van der Waals surface area contributed by atoms with Gasteiger partial charge < -0.3 is 10.2 Å². The number of hydrogen-bond acceptors (Lipinski definition) is 2. The van der Waals surface area contributed by atoms with Crippen LogP contribution in [0.15, 0.2) is 18.2 Å². The van der Waals surface area contributed by atoms with Crippen molar-refractivity contribution in [3.05, 3.63) is 28.2 Å². The number of piperidine rings is 1.